The highest BCUT2D eigenvalue weighted by molar-refractivity contribution is 6.17. The van der Waals surface area contributed by atoms with Crippen molar-refractivity contribution in [2.75, 3.05) is 0 Å². The Balaban J connectivity index is 2.87. The molecule has 0 unspecified atom stereocenters. The Morgan fingerprint density at radius 2 is 2.00 bits per heavy atom. The van der Waals surface area contributed by atoms with Crippen LogP contribution in [0.25, 0.3) is 0 Å². The molecule has 0 aliphatic carbocycles. The highest BCUT2D eigenvalue weighted by Gasteiger charge is 2.13. The number of alkyl halides is 1. The number of pyridine rings is 1. The maximum Gasteiger partial charge on any atom is 0.213 e. The minimum absolute atomic E-state index is 0.206. The summed E-state index contributed by atoms with van der Waals surface area (Å²) in [7, 11) is 0. The molecule has 0 N–H and O–H groups in total. The zero-order valence-electron chi connectivity index (χ0n) is 9.10. The van der Waals surface area contributed by atoms with Crippen molar-refractivity contribution in [2.45, 2.75) is 39.2 Å². The van der Waals surface area contributed by atoms with Crippen molar-refractivity contribution in [1.82, 2.24) is 4.98 Å². The third-order valence-corrected chi connectivity index (χ3v) is 2.01. The SMILES string of the molecule is Cc1nc(OC(C)(C)C)ccc1CCl. The molecule has 0 aliphatic rings. The van der Waals surface area contributed by atoms with E-state index in [1.165, 1.54) is 0 Å². The van der Waals surface area contributed by atoms with Gasteiger partial charge in [0.1, 0.15) is 5.60 Å². The van der Waals surface area contributed by atoms with Gasteiger partial charge in [0.15, 0.2) is 0 Å². The van der Waals surface area contributed by atoms with E-state index in [1.807, 2.05) is 39.8 Å². The molecular formula is C11H16ClNO. The van der Waals surface area contributed by atoms with Crippen molar-refractivity contribution in [2.24, 2.45) is 0 Å². The highest BCUT2D eigenvalue weighted by Crippen LogP contribution is 2.18. The van der Waals surface area contributed by atoms with E-state index in [0.29, 0.717) is 11.8 Å². The summed E-state index contributed by atoms with van der Waals surface area (Å²) < 4.78 is 5.63. The van der Waals surface area contributed by atoms with Crippen LogP contribution in [0, 0.1) is 6.92 Å². The zero-order valence-corrected chi connectivity index (χ0v) is 9.85. The minimum Gasteiger partial charge on any atom is -0.472 e. The van der Waals surface area contributed by atoms with Gasteiger partial charge in [0.2, 0.25) is 5.88 Å². The van der Waals surface area contributed by atoms with E-state index >= 15 is 0 Å². The number of halogens is 1. The van der Waals surface area contributed by atoms with Gasteiger partial charge in [-0.1, -0.05) is 6.07 Å². The smallest absolute Gasteiger partial charge is 0.213 e. The first-order valence-corrected chi connectivity index (χ1v) is 5.17. The number of hydrogen-bond donors (Lipinski definition) is 0. The summed E-state index contributed by atoms with van der Waals surface area (Å²) in [6, 6.07) is 3.81. The molecule has 3 heteroatoms. The molecule has 1 aromatic heterocycles. The average molecular weight is 214 g/mol. The van der Waals surface area contributed by atoms with E-state index in [2.05, 4.69) is 4.98 Å². The molecule has 0 fully saturated rings. The van der Waals surface area contributed by atoms with Crippen LogP contribution in [0.1, 0.15) is 32.0 Å². The number of aryl methyl sites for hydroxylation is 1. The first-order valence-electron chi connectivity index (χ1n) is 4.64. The van der Waals surface area contributed by atoms with Gasteiger partial charge in [-0.25, -0.2) is 4.98 Å². The first kappa shape index (κ1) is 11.3. The van der Waals surface area contributed by atoms with Crippen molar-refractivity contribution in [3.63, 3.8) is 0 Å². The molecule has 1 heterocycles. The van der Waals surface area contributed by atoms with Crippen LogP contribution in [0.3, 0.4) is 0 Å². The number of ether oxygens (including phenoxy) is 1. The maximum absolute atomic E-state index is 5.74. The predicted molar refractivity (Wildman–Crippen MR) is 58.9 cm³/mol. The summed E-state index contributed by atoms with van der Waals surface area (Å²) in [4.78, 5) is 4.32. The van der Waals surface area contributed by atoms with Crippen LogP contribution in [0.4, 0.5) is 0 Å². The Kier molecular flexibility index (Phi) is 3.38. The summed E-state index contributed by atoms with van der Waals surface area (Å²) in [5.74, 6) is 1.15. The number of nitrogens with zero attached hydrogens (tertiary/aromatic N) is 1. The lowest BCUT2D eigenvalue weighted by Crippen LogP contribution is -2.23. The molecule has 0 spiro atoms. The van der Waals surface area contributed by atoms with Crippen LogP contribution < -0.4 is 4.74 Å². The third-order valence-electron chi connectivity index (χ3n) is 1.72. The van der Waals surface area contributed by atoms with Crippen LogP contribution in [0.15, 0.2) is 12.1 Å². The fraction of sp³-hybridized carbons (Fsp3) is 0.545. The quantitative estimate of drug-likeness (QED) is 0.704. The lowest BCUT2D eigenvalue weighted by molar-refractivity contribution is 0.124. The fourth-order valence-corrected chi connectivity index (χ4v) is 1.36. The van der Waals surface area contributed by atoms with Gasteiger partial charge in [-0.05, 0) is 33.3 Å². The maximum atomic E-state index is 5.74. The molecule has 0 aliphatic heterocycles. The normalized spacial score (nSPS) is 11.5. The van der Waals surface area contributed by atoms with Crippen molar-refractivity contribution in [3.05, 3.63) is 23.4 Å². The molecule has 1 aromatic rings. The van der Waals surface area contributed by atoms with Crippen LogP contribution in [0.2, 0.25) is 0 Å². The Bertz CT molecular complexity index is 318. The molecule has 0 radical (unpaired) electrons. The molecule has 0 saturated heterocycles. The van der Waals surface area contributed by atoms with Crippen molar-refractivity contribution >= 4 is 11.6 Å². The third kappa shape index (κ3) is 3.18. The number of hydrogen-bond acceptors (Lipinski definition) is 2. The summed E-state index contributed by atoms with van der Waals surface area (Å²) in [5, 5.41) is 0. The Labute approximate surface area is 90.3 Å². The van der Waals surface area contributed by atoms with Crippen molar-refractivity contribution in [1.29, 1.82) is 0 Å². The molecule has 0 saturated carbocycles. The van der Waals surface area contributed by atoms with Gasteiger partial charge in [-0.3, -0.25) is 0 Å². The van der Waals surface area contributed by atoms with Gasteiger partial charge in [-0.15, -0.1) is 11.6 Å². The number of rotatable bonds is 2. The predicted octanol–water partition coefficient (Wildman–Crippen LogP) is 3.31. The molecule has 0 aromatic carbocycles. The Morgan fingerprint density at radius 3 is 2.43 bits per heavy atom. The molecular weight excluding hydrogens is 198 g/mol. The molecule has 14 heavy (non-hydrogen) atoms. The van der Waals surface area contributed by atoms with Gasteiger partial charge >= 0.3 is 0 Å². The molecule has 0 atom stereocenters. The largest absolute Gasteiger partial charge is 0.472 e. The van der Waals surface area contributed by atoms with Gasteiger partial charge in [-0.2, -0.15) is 0 Å². The molecule has 2 nitrogen and oxygen atoms in total. The summed E-state index contributed by atoms with van der Waals surface area (Å²) in [6.45, 7) is 7.94. The molecule has 1 rings (SSSR count). The highest BCUT2D eigenvalue weighted by atomic mass is 35.5. The van der Waals surface area contributed by atoms with E-state index < -0.39 is 0 Å². The van der Waals surface area contributed by atoms with Crippen molar-refractivity contribution in [3.8, 4) is 5.88 Å². The second-order valence-corrected chi connectivity index (χ2v) is 4.51. The summed E-state index contributed by atoms with van der Waals surface area (Å²) >= 11 is 5.74. The summed E-state index contributed by atoms with van der Waals surface area (Å²) in [6.07, 6.45) is 0. The average Bonchev–Trinajstić information content (AvgIpc) is 2.01. The van der Waals surface area contributed by atoms with Crippen LogP contribution in [-0.2, 0) is 5.88 Å². The van der Waals surface area contributed by atoms with Crippen molar-refractivity contribution < 1.29 is 4.74 Å². The van der Waals surface area contributed by atoms with Gasteiger partial charge in [0.05, 0.1) is 0 Å². The van der Waals surface area contributed by atoms with Gasteiger partial charge < -0.3 is 4.74 Å². The van der Waals surface area contributed by atoms with E-state index in [0.717, 1.165) is 11.3 Å². The second-order valence-electron chi connectivity index (χ2n) is 4.24. The monoisotopic (exact) mass is 213 g/mol. The van der Waals surface area contributed by atoms with Gasteiger partial charge in [0, 0.05) is 17.6 Å². The number of aromatic nitrogens is 1. The van der Waals surface area contributed by atoms with Gasteiger partial charge in [0.25, 0.3) is 0 Å². The molecule has 0 amide bonds. The van der Waals surface area contributed by atoms with Crippen LogP contribution >= 0.6 is 11.6 Å². The van der Waals surface area contributed by atoms with E-state index in [4.69, 9.17) is 16.3 Å². The van der Waals surface area contributed by atoms with E-state index in [1.54, 1.807) is 0 Å². The van der Waals surface area contributed by atoms with E-state index in [-0.39, 0.29) is 5.60 Å². The van der Waals surface area contributed by atoms with Crippen LogP contribution in [0.5, 0.6) is 5.88 Å². The van der Waals surface area contributed by atoms with E-state index in [9.17, 15) is 0 Å². The standard InChI is InChI=1S/C11H16ClNO/c1-8-9(7-12)5-6-10(13-8)14-11(2,3)4/h5-6H,7H2,1-4H3. The first-order chi connectivity index (χ1) is 6.42. The lowest BCUT2D eigenvalue weighted by atomic mass is 10.2. The molecule has 0 bridgehead atoms. The minimum atomic E-state index is -0.206. The summed E-state index contributed by atoms with van der Waals surface area (Å²) in [5.41, 5.74) is 1.77. The lowest BCUT2D eigenvalue weighted by Gasteiger charge is -2.20. The molecule has 78 valence electrons. The fourth-order valence-electron chi connectivity index (χ4n) is 1.08. The zero-order chi connectivity index (χ0) is 10.8. The Morgan fingerprint density at radius 1 is 1.36 bits per heavy atom. The topological polar surface area (TPSA) is 22.1 Å². The Hall–Kier alpha value is -0.760. The second kappa shape index (κ2) is 4.18. The van der Waals surface area contributed by atoms with Crippen LogP contribution in [-0.4, -0.2) is 10.6 Å².